The Hall–Kier alpha value is -0.970. The molecule has 1 unspecified atom stereocenters. The minimum atomic E-state index is -0.545. The number of rotatable bonds is 3. The maximum Gasteiger partial charge on any atom is 0.407 e. The molecule has 0 heterocycles. The number of carbonyl (C=O) groups excluding carboxylic acids is 1. The number of alkyl carbamates (subject to hydrolysis) is 1. The lowest BCUT2D eigenvalue weighted by Gasteiger charge is -2.21. The van der Waals surface area contributed by atoms with Gasteiger partial charge in [-0.25, -0.2) is 4.79 Å². The molecule has 0 aromatic heterocycles. The number of nitrogens with two attached hydrogens (primary N) is 1. The van der Waals surface area contributed by atoms with Gasteiger partial charge in [-0.15, -0.1) is 0 Å². The number of amides is 1. The van der Waals surface area contributed by atoms with Crippen LogP contribution in [0.5, 0.6) is 0 Å². The summed E-state index contributed by atoms with van der Waals surface area (Å²) in [5.41, 5.74) is 6.04. The van der Waals surface area contributed by atoms with E-state index in [9.17, 15) is 4.79 Å². The standard InChI is InChI=1S/C13H18Cl2N2O2/c1-13(2,3)19-12(18)17-7-10(16)11-8(14)5-4-6-9(11)15/h4-6,10H,7,16H2,1-3H3,(H,17,18). The summed E-state index contributed by atoms with van der Waals surface area (Å²) in [7, 11) is 0. The molecule has 106 valence electrons. The molecule has 1 amide bonds. The third-order valence-electron chi connectivity index (χ3n) is 2.24. The molecule has 1 aromatic carbocycles. The van der Waals surface area contributed by atoms with E-state index in [4.69, 9.17) is 33.7 Å². The molecule has 1 atom stereocenters. The summed E-state index contributed by atoms with van der Waals surface area (Å²) in [6.07, 6.45) is -0.522. The lowest BCUT2D eigenvalue weighted by Crippen LogP contribution is -2.36. The molecule has 0 spiro atoms. The Morgan fingerprint density at radius 1 is 1.37 bits per heavy atom. The van der Waals surface area contributed by atoms with Gasteiger partial charge in [0, 0.05) is 22.2 Å². The molecule has 0 aliphatic carbocycles. The van der Waals surface area contributed by atoms with Crippen molar-refractivity contribution in [2.75, 3.05) is 6.54 Å². The third kappa shape index (κ3) is 5.27. The van der Waals surface area contributed by atoms with Gasteiger partial charge in [-0.1, -0.05) is 29.3 Å². The van der Waals surface area contributed by atoms with Crippen molar-refractivity contribution in [3.05, 3.63) is 33.8 Å². The first kappa shape index (κ1) is 16.1. The van der Waals surface area contributed by atoms with E-state index in [1.165, 1.54) is 0 Å². The van der Waals surface area contributed by atoms with Crippen LogP contribution in [-0.4, -0.2) is 18.2 Å². The molecular formula is C13H18Cl2N2O2. The van der Waals surface area contributed by atoms with E-state index in [0.29, 0.717) is 15.6 Å². The number of nitrogens with one attached hydrogen (secondary N) is 1. The van der Waals surface area contributed by atoms with Crippen LogP contribution in [0.2, 0.25) is 10.0 Å². The third-order valence-corrected chi connectivity index (χ3v) is 2.89. The second kappa shape index (κ2) is 6.46. The Balaban J connectivity index is 2.61. The quantitative estimate of drug-likeness (QED) is 0.898. The average Bonchev–Trinajstić information content (AvgIpc) is 2.23. The predicted molar refractivity (Wildman–Crippen MR) is 77.6 cm³/mol. The first-order valence-electron chi connectivity index (χ1n) is 5.87. The second-order valence-corrected chi connectivity index (χ2v) is 5.94. The van der Waals surface area contributed by atoms with Crippen molar-refractivity contribution in [1.82, 2.24) is 5.32 Å². The number of ether oxygens (including phenoxy) is 1. The van der Waals surface area contributed by atoms with Gasteiger partial charge in [0.05, 0.1) is 6.04 Å². The molecule has 0 saturated heterocycles. The van der Waals surface area contributed by atoms with Gasteiger partial charge in [0.15, 0.2) is 0 Å². The van der Waals surface area contributed by atoms with Crippen molar-refractivity contribution < 1.29 is 9.53 Å². The van der Waals surface area contributed by atoms with Crippen LogP contribution in [-0.2, 0) is 4.74 Å². The average molecular weight is 305 g/mol. The van der Waals surface area contributed by atoms with E-state index in [-0.39, 0.29) is 6.54 Å². The summed E-state index contributed by atoms with van der Waals surface area (Å²) in [5.74, 6) is 0. The van der Waals surface area contributed by atoms with Crippen LogP contribution in [0.1, 0.15) is 32.4 Å². The van der Waals surface area contributed by atoms with Crippen molar-refractivity contribution in [2.24, 2.45) is 5.73 Å². The van der Waals surface area contributed by atoms with Crippen LogP contribution in [0.3, 0.4) is 0 Å². The molecule has 6 heteroatoms. The maximum absolute atomic E-state index is 11.5. The van der Waals surface area contributed by atoms with Crippen LogP contribution in [0.25, 0.3) is 0 Å². The first-order valence-corrected chi connectivity index (χ1v) is 6.62. The molecule has 0 aliphatic heterocycles. The monoisotopic (exact) mass is 304 g/mol. The minimum Gasteiger partial charge on any atom is -0.444 e. The highest BCUT2D eigenvalue weighted by molar-refractivity contribution is 6.36. The van der Waals surface area contributed by atoms with E-state index < -0.39 is 17.7 Å². The Labute approximate surface area is 123 Å². The SMILES string of the molecule is CC(C)(C)OC(=O)NCC(N)c1c(Cl)cccc1Cl. The molecule has 0 radical (unpaired) electrons. The molecule has 19 heavy (non-hydrogen) atoms. The fourth-order valence-corrected chi connectivity index (χ4v) is 2.15. The van der Waals surface area contributed by atoms with Crippen LogP contribution in [0.4, 0.5) is 4.79 Å². The fourth-order valence-electron chi connectivity index (χ4n) is 1.47. The van der Waals surface area contributed by atoms with E-state index in [0.717, 1.165) is 0 Å². The maximum atomic E-state index is 11.5. The molecule has 0 aliphatic rings. The summed E-state index contributed by atoms with van der Waals surface area (Å²) < 4.78 is 5.11. The zero-order valence-electron chi connectivity index (χ0n) is 11.2. The molecule has 4 nitrogen and oxygen atoms in total. The highest BCUT2D eigenvalue weighted by Crippen LogP contribution is 2.28. The Bertz CT molecular complexity index is 438. The van der Waals surface area contributed by atoms with Gasteiger partial charge in [-0.3, -0.25) is 0 Å². The number of benzene rings is 1. The van der Waals surface area contributed by atoms with E-state index in [2.05, 4.69) is 5.32 Å². The van der Waals surface area contributed by atoms with Crippen LogP contribution in [0, 0.1) is 0 Å². The van der Waals surface area contributed by atoms with Crippen LogP contribution in [0.15, 0.2) is 18.2 Å². The Morgan fingerprint density at radius 2 is 1.89 bits per heavy atom. The molecule has 0 bridgehead atoms. The second-order valence-electron chi connectivity index (χ2n) is 5.12. The number of carbonyl (C=O) groups is 1. The van der Waals surface area contributed by atoms with Gasteiger partial charge >= 0.3 is 6.09 Å². The Kier molecular flexibility index (Phi) is 5.47. The molecule has 1 aromatic rings. The van der Waals surface area contributed by atoms with E-state index in [1.54, 1.807) is 39.0 Å². The highest BCUT2D eigenvalue weighted by atomic mass is 35.5. The normalized spacial score (nSPS) is 12.9. The topological polar surface area (TPSA) is 64.3 Å². The number of hydrogen-bond acceptors (Lipinski definition) is 3. The van der Waals surface area contributed by atoms with Crippen molar-refractivity contribution in [3.63, 3.8) is 0 Å². The molecule has 3 N–H and O–H groups in total. The van der Waals surface area contributed by atoms with Gasteiger partial charge in [-0.05, 0) is 32.9 Å². The van der Waals surface area contributed by atoms with Gasteiger partial charge < -0.3 is 15.8 Å². The lowest BCUT2D eigenvalue weighted by atomic mass is 10.1. The van der Waals surface area contributed by atoms with Crippen LogP contribution < -0.4 is 11.1 Å². The van der Waals surface area contributed by atoms with Gasteiger partial charge in [0.2, 0.25) is 0 Å². The van der Waals surface area contributed by atoms with E-state index >= 15 is 0 Å². The molecule has 1 rings (SSSR count). The summed E-state index contributed by atoms with van der Waals surface area (Å²) in [5, 5.41) is 3.54. The van der Waals surface area contributed by atoms with Gasteiger partial charge in [0.25, 0.3) is 0 Å². The predicted octanol–water partition coefficient (Wildman–Crippen LogP) is 3.52. The van der Waals surface area contributed by atoms with Gasteiger partial charge in [-0.2, -0.15) is 0 Å². The zero-order chi connectivity index (χ0) is 14.6. The van der Waals surface area contributed by atoms with Crippen molar-refractivity contribution in [3.8, 4) is 0 Å². The molecule has 0 saturated carbocycles. The van der Waals surface area contributed by atoms with Crippen LogP contribution >= 0.6 is 23.2 Å². The molecular weight excluding hydrogens is 287 g/mol. The summed E-state index contributed by atoms with van der Waals surface area (Å²) in [6.45, 7) is 5.56. The first-order chi connectivity index (χ1) is 8.70. The van der Waals surface area contributed by atoms with Gasteiger partial charge in [0.1, 0.15) is 5.60 Å². The zero-order valence-corrected chi connectivity index (χ0v) is 12.7. The Morgan fingerprint density at radius 3 is 2.37 bits per heavy atom. The summed E-state index contributed by atoms with van der Waals surface area (Å²) in [6, 6.07) is 4.66. The number of halogens is 2. The number of hydrogen-bond donors (Lipinski definition) is 2. The minimum absolute atomic E-state index is 0.193. The molecule has 0 fully saturated rings. The van der Waals surface area contributed by atoms with Crippen molar-refractivity contribution in [1.29, 1.82) is 0 Å². The highest BCUT2D eigenvalue weighted by Gasteiger charge is 2.18. The smallest absolute Gasteiger partial charge is 0.407 e. The largest absolute Gasteiger partial charge is 0.444 e. The lowest BCUT2D eigenvalue weighted by molar-refractivity contribution is 0.0524. The van der Waals surface area contributed by atoms with E-state index in [1.807, 2.05) is 0 Å². The fraction of sp³-hybridized carbons (Fsp3) is 0.462. The summed E-state index contributed by atoms with van der Waals surface area (Å²) >= 11 is 12.1. The summed E-state index contributed by atoms with van der Waals surface area (Å²) in [4.78, 5) is 11.5. The van der Waals surface area contributed by atoms with Crippen molar-refractivity contribution in [2.45, 2.75) is 32.4 Å². The van der Waals surface area contributed by atoms with Crippen molar-refractivity contribution >= 4 is 29.3 Å².